The zero-order valence-corrected chi connectivity index (χ0v) is 9.35. The summed E-state index contributed by atoms with van der Waals surface area (Å²) in [6, 6.07) is 0. The minimum absolute atomic E-state index is 0.331. The number of methoxy groups -OCH3 is 1. The van der Waals surface area contributed by atoms with Crippen molar-refractivity contribution >= 4 is 17.3 Å². The third kappa shape index (κ3) is 2.10. The molecule has 0 aliphatic heterocycles. The van der Waals surface area contributed by atoms with E-state index in [1.807, 2.05) is 13.8 Å². The second kappa shape index (κ2) is 4.06. The number of hydrogen-bond donors (Lipinski definition) is 1. The van der Waals surface area contributed by atoms with Crippen molar-refractivity contribution in [1.82, 2.24) is 4.98 Å². The summed E-state index contributed by atoms with van der Waals surface area (Å²) in [6.07, 6.45) is 0.779. The molecule has 0 aromatic carbocycles. The summed E-state index contributed by atoms with van der Waals surface area (Å²) in [4.78, 5) is 15.3. The van der Waals surface area contributed by atoms with Crippen molar-refractivity contribution in [3.05, 3.63) is 16.1 Å². The van der Waals surface area contributed by atoms with Gasteiger partial charge in [-0.2, -0.15) is 0 Å². The minimum atomic E-state index is -0.461. The Hall–Kier alpha value is -0.940. The van der Waals surface area contributed by atoms with Crippen molar-refractivity contribution in [2.75, 3.05) is 7.11 Å². The minimum Gasteiger partial charge on any atom is -0.464 e. The lowest BCUT2D eigenvalue weighted by Gasteiger charge is -2.18. The van der Waals surface area contributed by atoms with E-state index in [1.54, 1.807) is 5.38 Å². The lowest BCUT2D eigenvalue weighted by atomic mass is 10.0. The number of carbonyl (C=O) groups is 1. The summed E-state index contributed by atoms with van der Waals surface area (Å²) in [5, 5.41) is 2.43. The molecule has 5 heteroatoms. The maximum absolute atomic E-state index is 11.1. The van der Waals surface area contributed by atoms with E-state index < -0.39 is 11.5 Å². The SMILES string of the molecule is CCC(C)(N)c1nc(C(=O)OC)cs1. The number of carbonyl (C=O) groups excluding carboxylic acids is 1. The number of nitrogens with two attached hydrogens (primary N) is 1. The molecule has 1 atom stereocenters. The van der Waals surface area contributed by atoms with Gasteiger partial charge >= 0.3 is 5.97 Å². The smallest absolute Gasteiger partial charge is 0.357 e. The number of hydrogen-bond acceptors (Lipinski definition) is 5. The van der Waals surface area contributed by atoms with E-state index in [1.165, 1.54) is 18.4 Å². The van der Waals surface area contributed by atoms with Gasteiger partial charge in [-0.05, 0) is 13.3 Å². The molecule has 0 fully saturated rings. The number of ether oxygens (including phenoxy) is 1. The molecule has 1 heterocycles. The van der Waals surface area contributed by atoms with Gasteiger partial charge in [0.1, 0.15) is 5.01 Å². The first kappa shape index (κ1) is 11.1. The van der Waals surface area contributed by atoms with Crippen LogP contribution in [-0.4, -0.2) is 18.1 Å². The van der Waals surface area contributed by atoms with Gasteiger partial charge in [-0.15, -0.1) is 11.3 Å². The van der Waals surface area contributed by atoms with Crippen LogP contribution in [0.2, 0.25) is 0 Å². The van der Waals surface area contributed by atoms with Crippen molar-refractivity contribution in [2.45, 2.75) is 25.8 Å². The first-order valence-corrected chi connectivity index (χ1v) is 5.22. The second-order valence-electron chi connectivity index (χ2n) is 3.30. The lowest BCUT2D eigenvalue weighted by Crippen LogP contribution is -2.31. The van der Waals surface area contributed by atoms with Crippen molar-refractivity contribution in [3.8, 4) is 0 Å². The summed E-state index contributed by atoms with van der Waals surface area (Å²) in [6.45, 7) is 3.88. The fraction of sp³-hybridized carbons (Fsp3) is 0.556. The van der Waals surface area contributed by atoms with Crippen LogP contribution in [0.1, 0.15) is 35.8 Å². The van der Waals surface area contributed by atoms with Gasteiger partial charge in [-0.25, -0.2) is 9.78 Å². The fourth-order valence-corrected chi connectivity index (χ4v) is 1.82. The molecule has 1 aromatic rings. The molecular weight excluding hydrogens is 200 g/mol. The molecule has 14 heavy (non-hydrogen) atoms. The Kier molecular flexibility index (Phi) is 3.23. The third-order valence-electron chi connectivity index (χ3n) is 2.12. The second-order valence-corrected chi connectivity index (χ2v) is 4.16. The Labute approximate surface area is 87.1 Å². The fourth-order valence-electron chi connectivity index (χ4n) is 0.886. The van der Waals surface area contributed by atoms with Crippen LogP contribution in [0.3, 0.4) is 0 Å². The van der Waals surface area contributed by atoms with Crippen molar-refractivity contribution in [3.63, 3.8) is 0 Å². The van der Waals surface area contributed by atoms with Crippen LogP contribution in [0, 0.1) is 0 Å². The molecule has 4 nitrogen and oxygen atoms in total. The molecule has 0 saturated heterocycles. The standard InChI is InChI=1S/C9H14N2O2S/c1-4-9(2,10)8-11-6(5-14-8)7(12)13-3/h5H,4,10H2,1-3H3. The van der Waals surface area contributed by atoms with Gasteiger partial charge in [0.2, 0.25) is 0 Å². The molecule has 1 aromatic heterocycles. The van der Waals surface area contributed by atoms with Gasteiger partial charge in [-0.1, -0.05) is 6.92 Å². The number of rotatable bonds is 3. The predicted octanol–water partition coefficient (Wildman–Crippen LogP) is 1.51. The lowest BCUT2D eigenvalue weighted by molar-refractivity contribution is 0.0594. The van der Waals surface area contributed by atoms with Crippen LogP contribution in [0.15, 0.2) is 5.38 Å². The molecule has 0 spiro atoms. The Bertz CT molecular complexity index is 333. The van der Waals surface area contributed by atoms with E-state index in [2.05, 4.69) is 9.72 Å². The highest BCUT2D eigenvalue weighted by Gasteiger charge is 2.24. The Morgan fingerprint density at radius 3 is 2.93 bits per heavy atom. The molecule has 0 saturated carbocycles. The first-order valence-electron chi connectivity index (χ1n) is 4.34. The van der Waals surface area contributed by atoms with Crippen molar-refractivity contribution < 1.29 is 9.53 Å². The topological polar surface area (TPSA) is 65.2 Å². The average Bonchev–Trinajstić information content (AvgIpc) is 2.66. The van der Waals surface area contributed by atoms with E-state index in [9.17, 15) is 4.79 Å². The largest absolute Gasteiger partial charge is 0.464 e. The van der Waals surface area contributed by atoms with Gasteiger partial charge in [0, 0.05) is 5.38 Å². The molecule has 1 rings (SSSR count). The van der Waals surface area contributed by atoms with Crippen molar-refractivity contribution in [1.29, 1.82) is 0 Å². The summed E-state index contributed by atoms with van der Waals surface area (Å²) >= 11 is 1.39. The monoisotopic (exact) mass is 214 g/mol. The van der Waals surface area contributed by atoms with Crippen LogP contribution in [0.4, 0.5) is 0 Å². The Balaban J connectivity index is 2.93. The molecule has 1 unspecified atom stereocenters. The Morgan fingerprint density at radius 1 is 1.79 bits per heavy atom. The summed E-state index contributed by atoms with van der Waals surface area (Å²) in [5.74, 6) is -0.417. The zero-order valence-electron chi connectivity index (χ0n) is 8.53. The van der Waals surface area contributed by atoms with Crippen LogP contribution in [0.5, 0.6) is 0 Å². The van der Waals surface area contributed by atoms with E-state index in [0.717, 1.165) is 11.4 Å². The van der Waals surface area contributed by atoms with Crippen LogP contribution in [-0.2, 0) is 10.3 Å². The Morgan fingerprint density at radius 2 is 2.43 bits per heavy atom. The van der Waals surface area contributed by atoms with Crippen LogP contribution < -0.4 is 5.73 Å². The van der Waals surface area contributed by atoms with Crippen LogP contribution >= 0.6 is 11.3 Å². The van der Waals surface area contributed by atoms with Gasteiger partial charge < -0.3 is 10.5 Å². The number of thiazole rings is 1. The molecular formula is C9H14N2O2S. The molecule has 0 amide bonds. The van der Waals surface area contributed by atoms with E-state index in [0.29, 0.717) is 5.69 Å². The van der Waals surface area contributed by atoms with Crippen LogP contribution in [0.25, 0.3) is 0 Å². The van der Waals surface area contributed by atoms with E-state index in [4.69, 9.17) is 5.73 Å². The maximum atomic E-state index is 11.1. The predicted molar refractivity (Wildman–Crippen MR) is 55.3 cm³/mol. The highest BCUT2D eigenvalue weighted by atomic mass is 32.1. The highest BCUT2D eigenvalue weighted by Crippen LogP contribution is 2.24. The maximum Gasteiger partial charge on any atom is 0.357 e. The van der Waals surface area contributed by atoms with Gasteiger partial charge in [-0.3, -0.25) is 0 Å². The summed E-state index contributed by atoms with van der Waals surface area (Å²) < 4.78 is 4.56. The highest BCUT2D eigenvalue weighted by molar-refractivity contribution is 7.10. The van der Waals surface area contributed by atoms with E-state index in [-0.39, 0.29) is 0 Å². The third-order valence-corrected chi connectivity index (χ3v) is 3.24. The molecule has 0 radical (unpaired) electrons. The normalized spacial score (nSPS) is 14.9. The zero-order chi connectivity index (χ0) is 10.8. The van der Waals surface area contributed by atoms with Gasteiger partial charge in [0.05, 0.1) is 12.6 Å². The van der Waals surface area contributed by atoms with Crippen molar-refractivity contribution in [2.24, 2.45) is 5.73 Å². The summed E-state index contributed by atoms with van der Waals surface area (Å²) in [5.41, 5.74) is 5.86. The summed E-state index contributed by atoms with van der Waals surface area (Å²) in [7, 11) is 1.34. The molecule has 0 aliphatic rings. The van der Waals surface area contributed by atoms with Gasteiger partial charge in [0.25, 0.3) is 0 Å². The molecule has 0 bridgehead atoms. The quantitative estimate of drug-likeness (QED) is 0.775. The molecule has 2 N–H and O–H groups in total. The number of nitrogens with zero attached hydrogens (tertiary/aromatic N) is 1. The first-order chi connectivity index (χ1) is 6.51. The molecule has 78 valence electrons. The molecule has 0 aliphatic carbocycles. The number of esters is 1. The number of aromatic nitrogens is 1. The van der Waals surface area contributed by atoms with E-state index >= 15 is 0 Å². The average molecular weight is 214 g/mol. The van der Waals surface area contributed by atoms with Gasteiger partial charge in [0.15, 0.2) is 5.69 Å².